The first-order valence-corrected chi connectivity index (χ1v) is 12.1. The number of aliphatic hydroxyl groups excluding tert-OH is 1. The molecule has 2 atom stereocenters. The number of hydrogen-bond acceptors (Lipinski definition) is 5. The average molecular weight is 447 g/mol. The summed E-state index contributed by atoms with van der Waals surface area (Å²) in [5.41, 5.74) is 3.22. The van der Waals surface area contributed by atoms with Gasteiger partial charge in [-0.3, -0.25) is 4.79 Å². The molecule has 1 aromatic carbocycles. The van der Waals surface area contributed by atoms with Crippen molar-refractivity contribution in [2.45, 2.75) is 43.1 Å². The van der Waals surface area contributed by atoms with Gasteiger partial charge in [-0.15, -0.1) is 23.1 Å². The molecule has 7 heteroatoms. The number of H-pyrrole nitrogens is 1. The SMILES string of the molecule is CSc1ccc(C(C[C@H]2CCC(=O)C2)c2ccc(-c3ncc(CO)s3)[nH]2)cc1Cl. The molecule has 0 bridgehead atoms. The fourth-order valence-electron chi connectivity index (χ4n) is 4.01. The van der Waals surface area contributed by atoms with Crippen LogP contribution in [0.4, 0.5) is 0 Å². The number of rotatable bonds is 7. The number of ketones is 1. The van der Waals surface area contributed by atoms with Crippen molar-refractivity contribution in [1.82, 2.24) is 9.97 Å². The highest BCUT2D eigenvalue weighted by atomic mass is 35.5. The van der Waals surface area contributed by atoms with Gasteiger partial charge in [-0.05, 0) is 54.8 Å². The minimum atomic E-state index is 0.00382. The third kappa shape index (κ3) is 4.61. The summed E-state index contributed by atoms with van der Waals surface area (Å²) in [4.78, 5) is 21.7. The number of benzene rings is 1. The molecular weight excluding hydrogens is 424 g/mol. The van der Waals surface area contributed by atoms with Crippen molar-refractivity contribution in [3.63, 3.8) is 0 Å². The Morgan fingerprint density at radius 1 is 1.38 bits per heavy atom. The number of carbonyl (C=O) groups is 1. The van der Waals surface area contributed by atoms with Crippen LogP contribution < -0.4 is 0 Å². The quantitative estimate of drug-likeness (QED) is 0.443. The van der Waals surface area contributed by atoms with E-state index in [-0.39, 0.29) is 12.5 Å². The Bertz CT molecular complexity index is 1010. The molecule has 0 spiro atoms. The predicted molar refractivity (Wildman–Crippen MR) is 120 cm³/mol. The van der Waals surface area contributed by atoms with Gasteiger partial charge in [-0.1, -0.05) is 17.7 Å². The van der Waals surface area contributed by atoms with Crippen molar-refractivity contribution in [3.05, 3.63) is 57.7 Å². The predicted octanol–water partition coefficient (Wildman–Crippen LogP) is 5.90. The molecule has 1 fully saturated rings. The monoisotopic (exact) mass is 446 g/mol. The van der Waals surface area contributed by atoms with Crippen LogP contribution in [-0.4, -0.2) is 27.1 Å². The molecule has 152 valence electrons. The number of thioether (sulfide) groups is 1. The fraction of sp³-hybridized carbons (Fsp3) is 0.364. The molecule has 2 aromatic heterocycles. The van der Waals surface area contributed by atoms with Crippen LogP contribution in [0, 0.1) is 5.92 Å². The molecule has 2 N–H and O–H groups in total. The lowest BCUT2D eigenvalue weighted by molar-refractivity contribution is -0.117. The van der Waals surface area contributed by atoms with Gasteiger partial charge in [0.2, 0.25) is 0 Å². The summed E-state index contributed by atoms with van der Waals surface area (Å²) in [5, 5.41) is 10.9. The lowest BCUT2D eigenvalue weighted by Crippen LogP contribution is -2.08. The molecule has 1 aliphatic carbocycles. The number of thiazole rings is 1. The highest BCUT2D eigenvalue weighted by molar-refractivity contribution is 7.98. The van der Waals surface area contributed by atoms with E-state index < -0.39 is 0 Å². The van der Waals surface area contributed by atoms with E-state index in [1.165, 1.54) is 11.3 Å². The number of hydrogen-bond donors (Lipinski definition) is 2. The number of nitrogens with one attached hydrogen (secondary N) is 1. The molecule has 2 heterocycles. The largest absolute Gasteiger partial charge is 0.391 e. The van der Waals surface area contributed by atoms with Gasteiger partial charge in [-0.25, -0.2) is 4.98 Å². The van der Waals surface area contributed by atoms with E-state index in [9.17, 15) is 9.90 Å². The normalized spacial score (nSPS) is 17.8. The van der Waals surface area contributed by atoms with Gasteiger partial charge in [0.1, 0.15) is 10.8 Å². The van der Waals surface area contributed by atoms with Crippen molar-refractivity contribution >= 4 is 40.5 Å². The zero-order valence-corrected chi connectivity index (χ0v) is 18.5. The molecular formula is C22H23ClN2O2S2. The van der Waals surface area contributed by atoms with E-state index in [0.717, 1.165) is 49.6 Å². The Morgan fingerprint density at radius 2 is 2.24 bits per heavy atom. The Hall–Kier alpha value is -1.60. The van der Waals surface area contributed by atoms with E-state index in [4.69, 9.17) is 11.6 Å². The minimum Gasteiger partial charge on any atom is -0.391 e. The number of carbonyl (C=O) groups excluding carboxylic acids is 1. The summed E-state index contributed by atoms with van der Waals surface area (Å²) in [6.07, 6.45) is 6.99. The molecule has 29 heavy (non-hydrogen) atoms. The van der Waals surface area contributed by atoms with Crippen molar-refractivity contribution in [1.29, 1.82) is 0 Å². The average Bonchev–Trinajstić information content (AvgIpc) is 3.46. The van der Waals surface area contributed by atoms with E-state index in [0.29, 0.717) is 24.5 Å². The first-order chi connectivity index (χ1) is 14.1. The Labute approximate surface area is 183 Å². The van der Waals surface area contributed by atoms with Gasteiger partial charge in [-0.2, -0.15) is 0 Å². The van der Waals surface area contributed by atoms with Crippen molar-refractivity contribution in [2.75, 3.05) is 6.26 Å². The molecule has 3 aromatic rings. The van der Waals surface area contributed by atoms with E-state index >= 15 is 0 Å². The van der Waals surface area contributed by atoms with Gasteiger partial charge in [0.25, 0.3) is 0 Å². The van der Waals surface area contributed by atoms with E-state index in [1.807, 2.05) is 12.3 Å². The van der Waals surface area contributed by atoms with Gasteiger partial charge >= 0.3 is 0 Å². The molecule has 1 unspecified atom stereocenters. The highest BCUT2D eigenvalue weighted by Gasteiger charge is 2.28. The zero-order valence-electron chi connectivity index (χ0n) is 16.2. The van der Waals surface area contributed by atoms with E-state index in [2.05, 4.69) is 34.2 Å². The third-order valence-electron chi connectivity index (χ3n) is 5.52. The van der Waals surface area contributed by atoms with Gasteiger partial charge < -0.3 is 10.1 Å². The highest BCUT2D eigenvalue weighted by Crippen LogP contribution is 2.39. The van der Waals surface area contributed by atoms with Crippen LogP contribution in [0.2, 0.25) is 5.02 Å². The second-order valence-corrected chi connectivity index (χ2v) is 9.82. The van der Waals surface area contributed by atoms with Crippen molar-refractivity contribution in [2.24, 2.45) is 5.92 Å². The number of nitrogens with zero attached hydrogens (tertiary/aromatic N) is 1. The van der Waals surface area contributed by atoms with Gasteiger partial charge in [0.15, 0.2) is 0 Å². The number of halogens is 1. The van der Waals surface area contributed by atoms with Gasteiger partial charge in [0, 0.05) is 35.5 Å². The molecule has 1 saturated carbocycles. The second kappa shape index (κ2) is 9.04. The van der Waals surface area contributed by atoms with Crippen LogP contribution in [0.5, 0.6) is 0 Å². The summed E-state index contributed by atoms with van der Waals surface area (Å²) >= 11 is 9.63. The zero-order chi connectivity index (χ0) is 20.4. The first kappa shape index (κ1) is 20.7. The molecule has 0 saturated heterocycles. The second-order valence-electron chi connectivity index (χ2n) is 7.45. The smallest absolute Gasteiger partial charge is 0.139 e. The molecule has 4 rings (SSSR count). The first-order valence-electron chi connectivity index (χ1n) is 9.67. The third-order valence-corrected chi connectivity index (χ3v) is 7.75. The standard InChI is InChI=1S/C22H23ClN2O2S2/c1-28-21-7-3-14(10-18(21)23)17(9-13-2-4-15(27)8-13)19-5-6-20(25-19)22-24-11-16(12-26)29-22/h3,5-7,10-11,13,17,25-26H,2,4,8-9,12H2,1H3/t13-,17?/m0/s1. The minimum absolute atomic E-state index is 0.00382. The Kier molecular flexibility index (Phi) is 6.44. The molecule has 0 aliphatic heterocycles. The van der Waals surface area contributed by atoms with Crippen LogP contribution in [0.15, 0.2) is 41.4 Å². The maximum absolute atomic E-state index is 11.8. The lowest BCUT2D eigenvalue weighted by Gasteiger charge is -2.21. The summed E-state index contributed by atoms with van der Waals surface area (Å²) < 4.78 is 0. The summed E-state index contributed by atoms with van der Waals surface area (Å²) in [6, 6.07) is 10.4. The van der Waals surface area contributed by atoms with Crippen LogP contribution in [0.25, 0.3) is 10.7 Å². The number of aromatic nitrogens is 2. The summed E-state index contributed by atoms with van der Waals surface area (Å²) in [7, 11) is 0. The summed E-state index contributed by atoms with van der Waals surface area (Å²) in [6.45, 7) is 0.00382. The van der Waals surface area contributed by atoms with Gasteiger partial charge in [0.05, 0.1) is 22.2 Å². The maximum Gasteiger partial charge on any atom is 0.139 e. The molecule has 0 radical (unpaired) electrons. The number of Topliss-reactive ketones (excluding diaryl/α,β-unsaturated/α-hetero) is 1. The van der Waals surface area contributed by atoms with Crippen LogP contribution in [-0.2, 0) is 11.4 Å². The van der Waals surface area contributed by atoms with E-state index in [1.54, 1.807) is 18.0 Å². The topological polar surface area (TPSA) is 66.0 Å². The lowest BCUT2D eigenvalue weighted by atomic mass is 9.86. The summed E-state index contributed by atoms with van der Waals surface area (Å²) in [5.74, 6) is 0.917. The molecule has 0 amide bonds. The molecule has 4 nitrogen and oxygen atoms in total. The van der Waals surface area contributed by atoms with Crippen LogP contribution >= 0.6 is 34.7 Å². The Balaban J connectivity index is 1.66. The van der Waals surface area contributed by atoms with Crippen LogP contribution in [0.3, 0.4) is 0 Å². The van der Waals surface area contributed by atoms with Crippen molar-refractivity contribution < 1.29 is 9.90 Å². The van der Waals surface area contributed by atoms with Crippen molar-refractivity contribution in [3.8, 4) is 10.7 Å². The van der Waals surface area contributed by atoms with Crippen LogP contribution in [0.1, 0.15) is 47.7 Å². The fourth-order valence-corrected chi connectivity index (χ4v) is 5.64. The molecule has 1 aliphatic rings. The Morgan fingerprint density at radius 3 is 2.90 bits per heavy atom. The number of aliphatic hydroxyl groups is 1. The maximum atomic E-state index is 11.8. The number of aromatic amines is 1.